The molecule has 4 aromatic carbocycles. The summed E-state index contributed by atoms with van der Waals surface area (Å²) in [6.45, 7) is 5.89. The van der Waals surface area contributed by atoms with E-state index in [-0.39, 0.29) is 24.4 Å². The van der Waals surface area contributed by atoms with E-state index in [0.717, 1.165) is 26.9 Å². The van der Waals surface area contributed by atoms with Gasteiger partial charge in [-0.1, -0.05) is 48.5 Å². The van der Waals surface area contributed by atoms with Gasteiger partial charge in [0.2, 0.25) is 5.95 Å². The maximum Gasteiger partial charge on any atom is 0.335 e. The van der Waals surface area contributed by atoms with E-state index in [9.17, 15) is 14.4 Å². The van der Waals surface area contributed by atoms with Crippen LogP contribution in [0.3, 0.4) is 0 Å². The van der Waals surface area contributed by atoms with Crippen molar-refractivity contribution in [3.05, 3.63) is 135 Å². The second-order valence-electron chi connectivity index (χ2n) is 11.4. The number of imide groups is 1. The molecule has 2 aliphatic heterocycles. The minimum absolute atomic E-state index is 0.267. The van der Waals surface area contributed by atoms with Crippen LogP contribution in [0.1, 0.15) is 55.9 Å². The molecule has 2 aliphatic rings. The second kappa shape index (κ2) is 11.5. The second-order valence-corrected chi connectivity index (χ2v) is 12.2. The SMILES string of the molecule is Cc1ccc2c(c1C)C(=O)N(C(C)c1cccc(N3C(=O)N(c4ccccc4Br)Cc4cnc(Nc5ccccc5)nc43)c1)C2=O. The Labute approximate surface area is 274 Å². The molecule has 1 N–H and O–H groups in total. The largest absolute Gasteiger partial charge is 0.335 e. The number of rotatable bonds is 6. The standard InChI is InChI=1S/C36H29BrN6O3/c1-21-16-17-28-31(22(21)2)34(45)42(33(28)44)23(3)24-10-9-13-27(18-24)43-32-25(19-38-35(40-32)39-26-11-5-4-6-12-26)20-41(36(43)46)30-15-8-7-14-29(30)37/h4-19,23H,20H2,1-3H3,(H,38,39,40). The highest BCUT2D eigenvalue weighted by molar-refractivity contribution is 9.10. The summed E-state index contributed by atoms with van der Waals surface area (Å²) in [7, 11) is 0. The first-order valence-electron chi connectivity index (χ1n) is 14.8. The number of aromatic nitrogens is 2. The van der Waals surface area contributed by atoms with E-state index in [1.807, 2.05) is 106 Å². The number of para-hydroxylation sites is 2. The Morgan fingerprint density at radius 3 is 2.41 bits per heavy atom. The van der Waals surface area contributed by atoms with Crippen molar-refractivity contribution in [3.8, 4) is 0 Å². The normalized spacial score (nSPS) is 14.8. The van der Waals surface area contributed by atoms with Crippen molar-refractivity contribution >= 4 is 62.6 Å². The Balaban J connectivity index is 1.30. The van der Waals surface area contributed by atoms with E-state index in [1.165, 1.54) is 4.90 Å². The molecule has 0 saturated carbocycles. The zero-order valence-corrected chi connectivity index (χ0v) is 26.9. The Morgan fingerprint density at radius 1 is 0.870 bits per heavy atom. The topological polar surface area (TPSA) is 98.7 Å². The van der Waals surface area contributed by atoms with E-state index in [4.69, 9.17) is 4.98 Å². The zero-order valence-electron chi connectivity index (χ0n) is 25.4. The Morgan fingerprint density at radius 2 is 1.63 bits per heavy atom. The maximum absolute atomic E-state index is 14.4. The third-order valence-electron chi connectivity index (χ3n) is 8.59. The van der Waals surface area contributed by atoms with Crippen molar-refractivity contribution in [3.63, 3.8) is 0 Å². The van der Waals surface area contributed by atoms with Gasteiger partial charge in [0.1, 0.15) is 0 Å². The molecule has 0 bridgehead atoms. The molecular formula is C36H29BrN6O3. The van der Waals surface area contributed by atoms with Crippen molar-refractivity contribution in [1.82, 2.24) is 14.9 Å². The van der Waals surface area contributed by atoms with Crippen LogP contribution in [0.2, 0.25) is 0 Å². The third-order valence-corrected chi connectivity index (χ3v) is 9.26. The fourth-order valence-corrected chi connectivity index (χ4v) is 6.49. The van der Waals surface area contributed by atoms with Crippen molar-refractivity contribution in [1.29, 1.82) is 0 Å². The molecule has 5 aromatic rings. The number of nitrogens with one attached hydrogen (secondary N) is 1. The van der Waals surface area contributed by atoms with Crippen LogP contribution in [0.15, 0.2) is 102 Å². The molecule has 1 unspecified atom stereocenters. The number of hydrogen-bond acceptors (Lipinski definition) is 6. The number of nitrogens with zero attached hydrogens (tertiary/aromatic N) is 5. The van der Waals surface area contributed by atoms with Crippen LogP contribution in [-0.2, 0) is 6.54 Å². The van der Waals surface area contributed by atoms with Crippen LogP contribution in [0, 0.1) is 13.8 Å². The molecule has 9 nitrogen and oxygen atoms in total. The van der Waals surface area contributed by atoms with Crippen LogP contribution in [0.4, 0.5) is 33.6 Å². The van der Waals surface area contributed by atoms with Crippen molar-refractivity contribution in [2.45, 2.75) is 33.4 Å². The number of aryl methyl sites for hydroxylation is 1. The fourth-order valence-electron chi connectivity index (χ4n) is 5.99. The lowest BCUT2D eigenvalue weighted by Crippen LogP contribution is -2.45. The van der Waals surface area contributed by atoms with Crippen LogP contribution >= 0.6 is 15.9 Å². The van der Waals surface area contributed by atoms with Gasteiger partial charge in [0.05, 0.1) is 35.1 Å². The Kier molecular flexibility index (Phi) is 7.37. The lowest BCUT2D eigenvalue weighted by molar-refractivity contribution is 0.0595. The van der Waals surface area contributed by atoms with E-state index < -0.39 is 6.04 Å². The lowest BCUT2D eigenvalue weighted by Gasteiger charge is -2.36. The first-order valence-corrected chi connectivity index (χ1v) is 15.6. The molecule has 1 aromatic heterocycles. The van der Waals surface area contributed by atoms with Gasteiger partial charge in [0, 0.05) is 21.9 Å². The molecule has 4 amide bonds. The molecule has 0 aliphatic carbocycles. The Hall–Kier alpha value is -5.35. The molecule has 0 spiro atoms. The molecule has 10 heteroatoms. The van der Waals surface area contributed by atoms with E-state index in [2.05, 4.69) is 26.2 Å². The van der Waals surface area contributed by atoms with Crippen LogP contribution in [0.25, 0.3) is 0 Å². The van der Waals surface area contributed by atoms with E-state index in [1.54, 1.807) is 22.1 Å². The molecule has 3 heterocycles. The number of carbonyl (C=O) groups excluding carboxylic acids is 3. The van der Waals surface area contributed by atoms with Crippen molar-refractivity contribution in [2.75, 3.05) is 15.1 Å². The van der Waals surface area contributed by atoms with Crippen molar-refractivity contribution < 1.29 is 14.4 Å². The third kappa shape index (κ3) is 4.91. The number of carbonyl (C=O) groups is 3. The molecule has 1 atom stereocenters. The first kappa shape index (κ1) is 29.4. The Bertz CT molecular complexity index is 2050. The van der Waals surface area contributed by atoms with Gasteiger partial charge < -0.3 is 5.32 Å². The van der Waals surface area contributed by atoms with E-state index in [0.29, 0.717) is 39.8 Å². The summed E-state index contributed by atoms with van der Waals surface area (Å²) in [5, 5.41) is 3.22. The van der Waals surface area contributed by atoms with Crippen LogP contribution < -0.4 is 15.1 Å². The van der Waals surface area contributed by atoms with Gasteiger partial charge in [-0.15, -0.1) is 0 Å². The minimum atomic E-state index is -0.591. The maximum atomic E-state index is 14.4. The highest BCUT2D eigenvalue weighted by atomic mass is 79.9. The average Bonchev–Trinajstić information content (AvgIpc) is 3.32. The summed E-state index contributed by atoms with van der Waals surface area (Å²) in [5.41, 5.74) is 6.13. The zero-order chi connectivity index (χ0) is 32.1. The summed E-state index contributed by atoms with van der Waals surface area (Å²) in [5.74, 6) is 0.143. The molecule has 0 saturated heterocycles. The molecule has 0 radical (unpaired) electrons. The highest BCUT2D eigenvalue weighted by Crippen LogP contribution is 2.40. The molecule has 0 fully saturated rings. The van der Waals surface area contributed by atoms with Crippen molar-refractivity contribution in [2.24, 2.45) is 0 Å². The minimum Gasteiger partial charge on any atom is -0.324 e. The summed E-state index contributed by atoms with van der Waals surface area (Å²) in [6, 6.07) is 27.1. The van der Waals surface area contributed by atoms with Gasteiger partial charge in [0.25, 0.3) is 11.8 Å². The number of anilines is 5. The lowest BCUT2D eigenvalue weighted by atomic mass is 9.99. The number of amides is 4. The predicted molar refractivity (Wildman–Crippen MR) is 181 cm³/mol. The van der Waals surface area contributed by atoms with Gasteiger partial charge in [-0.05, 0) is 95.9 Å². The molecule has 228 valence electrons. The smallest absolute Gasteiger partial charge is 0.324 e. The monoisotopic (exact) mass is 672 g/mol. The summed E-state index contributed by atoms with van der Waals surface area (Å²) < 4.78 is 0.772. The molecule has 46 heavy (non-hydrogen) atoms. The van der Waals surface area contributed by atoms with Gasteiger partial charge >= 0.3 is 6.03 Å². The van der Waals surface area contributed by atoms with Gasteiger partial charge in [-0.2, -0.15) is 4.98 Å². The predicted octanol–water partition coefficient (Wildman–Crippen LogP) is 8.24. The highest BCUT2D eigenvalue weighted by Gasteiger charge is 2.41. The number of fused-ring (bicyclic) bond motifs is 2. The van der Waals surface area contributed by atoms with Gasteiger partial charge in [0.15, 0.2) is 5.82 Å². The van der Waals surface area contributed by atoms with Gasteiger partial charge in [-0.3, -0.25) is 19.4 Å². The summed E-state index contributed by atoms with van der Waals surface area (Å²) in [4.78, 5) is 55.4. The van der Waals surface area contributed by atoms with Gasteiger partial charge in [-0.25, -0.2) is 14.7 Å². The quantitative estimate of drug-likeness (QED) is 0.182. The van der Waals surface area contributed by atoms with E-state index >= 15 is 0 Å². The fraction of sp³-hybridized carbons (Fsp3) is 0.139. The van der Waals surface area contributed by atoms with Crippen LogP contribution in [-0.4, -0.2) is 32.7 Å². The van der Waals surface area contributed by atoms with Crippen LogP contribution in [0.5, 0.6) is 0 Å². The summed E-state index contributed by atoms with van der Waals surface area (Å²) in [6.07, 6.45) is 1.73. The number of hydrogen-bond donors (Lipinski definition) is 1. The molecular weight excluding hydrogens is 644 g/mol. The number of benzene rings is 4. The molecule has 7 rings (SSSR count). The first-order chi connectivity index (χ1) is 22.2. The average molecular weight is 674 g/mol. The number of halogens is 1. The number of urea groups is 1. The summed E-state index contributed by atoms with van der Waals surface area (Å²) >= 11 is 3.60.